The molecular formula is C16H18N5Na2O5P. The van der Waals surface area contributed by atoms with E-state index in [1.807, 2.05) is 30.3 Å². The van der Waals surface area contributed by atoms with Crippen LogP contribution in [0.25, 0.3) is 11.2 Å². The van der Waals surface area contributed by atoms with E-state index in [-0.39, 0.29) is 78.1 Å². The number of benzene rings is 1. The van der Waals surface area contributed by atoms with Crippen molar-refractivity contribution in [1.82, 2.24) is 19.5 Å². The molecule has 2 aromatic heterocycles. The molecule has 0 amide bonds. The van der Waals surface area contributed by atoms with Crippen molar-refractivity contribution < 1.29 is 82.9 Å². The Morgan fingerprint density at radius 3 is 2.45 bits per heavy atom. The molecule has 0 saturated carbocycles. The summed E-state index contributed by atoms with van der Waals surface area (Å²) in [5.74, 6) is 0.229. The Morgan fingerprint density at radius 1 is 1.07 bits per heavy atom. The first-order valence-corrected chi connectivity index (χ1v) is 9.80. The van der Waals surface area contributed by atoms with Crippen molar-refractivity contribution in [1.29, 1.82) is 0 Å². The van der Waals surface area contributed by atoms with Crippen molar-refractivity contribution in [2.24, 2.45) is 0 Å². The zero-order chi connectivity index (χ0) is 19.3. The molecule has 1 aromatic carbocycles. The van der Waals surface area contributed by atoms with Gasteiger partial charge in [0.05, 0.1) is 38.5 Å². The number of hydrogen-bond donors (Lipinski definition) is 1. The van der Waals surface area contributed by atoms with Crippen molar-refractivity contribution in [3.05, 3.63) is 48.5 Å². The normalized spacial score (nSPS) is 12.2. The van der Waals surface area contributed by atoms with Crippen molar-refractivity contribution >= 4 is 24.6 Å². The number of anilines is 1. The van der Waals surface area contributed by atoms with Gasteiger partial charge in [0.15, 0.2) is 11.5 Å². The van der Waals surface area contributed by atoms with Gasteiger partial charge in [-0.25, -0.2) is 15.0 Å². The average Bonchev–Trinajstić information content (AvgIpc) is 3.06. The molecule has 0 spiro atoms. The molecular weight excluding hydrogens is 419 g/mol. The fraction of sp³-hybridized carbons (Fsp3) is 0.312. The molecule has 0 radical (unpaired) electrons. The van der Waals surface area contributed by atoms with Crippen LogP contribution in [0.3, 0.4) is 0 Å². The Morgan fingerprint density at radius 2 is 1.76 bits per heavy atom. The van der Waals surface area contributed by atoms with Crippen LogP contribution in [-0.2, 0) is 20.6 Å². The van der Waals surface area contributed by atoms with Gasteiger partial charge in [-0.15, -0.1) is 0 Å². The fourth-order valence-corrected chi connectivity index (χ4v) is 2.86. The van der Waals surface area contributed by atoms with E-state index in [0.717, 1.165) is 5.56 Å². The van der Waals surface area contributed by atoms with Crippen LogP contribution in [0.4, 0.5) is 5.82 Å². The number of nitrogens with zero attached hydrogens (tertiary/aromatic N) is 4. The monoisotopic (exact) mass is 437 g/mol. The maximum atomic E-state index is 10.8. The summed E-state index contributed by atoms with van der Waals surface area (Å²) in [6.45, 7) is 0.480. The summed E-state index contributed by atoms with van der Waals surface area (Å²) < 4.78 is 23.3. The zero-order valence-electron chi connectivity index (χ0n) is 16.3. The van der Waals surface area contributed by atoms with Crippen LogP contribution in [0.2, 0.25) is 0 Å². The van der Waals surface area contributed by atoms with Gasteiger partial charge in [-0.2, -0.15) is 0 Å². The standard InChI is InChI=1S/C16H20N5O5P.2Na/c17-15-14-16(19-9-18-15)21(10-20-14)13(8-26-11-27(22,23)24)7-25-6-12-4-2-1-3-5-12;;/h1-5,9-10,13H,6-8,11H2,(H2,17,18,19)(H2,22,23,24);;/q;2*+1/p-2/t13-;;/m1../s1. The number of ether oxygens (including phenoxy) is 2. The minimum absolute atomic E-state index is 0. The van der Waals surface area contributed by atoms with E-state index in [4.69, 9.17) is 15.2 Å². The van der Waals surface area contributed by atoms with Gasteiger partial charge >= 0.3 is 59.1 Å². The minimum Gasteiger partial charge on any atom is -0.809 e. The van der Waals surface area contributed by atoms with Crippen molar-refractivity contribution in [2.75, 3.05) is 25.3 Å². The van der Waals surface area contributed by atoms with Gasteiger partial charge in [0, 0.05) is 0 Å². The second-order valence-corrected chi connectivity index (χ2v) is 7.33. The second kappa shape index (κ2) is 12.5. The smallest absolute Gasteiger partial charge is 0.809 e. The molecule has 3 aromatic rings. The number of hydrogen-bond acceptors (Lipinski definition) is 9. The van der Waals surface area contributed by atoms with Crippen LogP contribution in [0.1, 0.15) is 11.6 Å². The molecule has 29 heavy (non-hydrogen) atoms. The number of rotatable bonds is 9. The Bertz CT molecular complexity index is 940. The molecule has 0 fully saturated rings. The summed E-state index contributed by atoms with van der Waals surface area (Å²) in [7, 11) is -4.76. The van der Waals surface area contributed by atoms with Gasteiger partial charge < -0.3 is 34.1 Å². The summed E-state index contributed by atoms with van der Waals surface area (Å²) in [5, 5.41) is 0. The third kappa shape index (κ3) is 8.01. The summed E-state index contributed by atoms with van der Waals surface area (Å²) in [5.41, 5.74) is 7.67. The van der Waals surface area contributed by atoms with E-state index in [9.17, 15) is 14.4 Å². The van der Waals surface area contributed by atoms with E-state index in [0.29, 0.717) is 17.8 Å². The number of fused-ring (bicyclic) bond motifs is 1. The minimum atomic E-state index is -4.76. The third-order valence-electron chi connectivity index (χ3n) is 3.76. The molecule has 2 N–H and O–H groups in total. The largest absolute Gasteiger partial charge is 1.00 e. The fourth-order valence-electron chi connectivity index (χ4n) is 2.53. The molecule has 0 bridgehead atoms. The van der Waals surface area contributed by atoms with Crippen LogP contribution in [0.15, 0.2) is 43.0 Å². The van der Waals surface area contributed by atoms with Crippen LogP contribution in [0.5, 0.6) is 0 Å². The molecule has 10 nitrogen and oxygen atoms in total. The van der Waals surface area contributed by atoms with Gasteiger partial charge in [0.25, 0.3) is 0 Å². The SMILES string of the molecule is Nc1ncnc2c1ncn2[C@H](COCc1ccccc1)COCP(=O)([O-])[O-].[Na+].[Na+]. The first-order valence-electron chi connectivity index (χ1n) is 8.07. The van der Waals surface area contributed by atoms with Crippen LogP contribution >= 0.6 is 7.60 Å². The van der Waals surface area contributed by atoms with Crippen molar-refractivity contribution in [3.63, 3.8) is 0 Å². The molecule has 13 heteroatoms. The molecule has 0 aliphatic carbocycles. The van der Waals surface area contributed by atoms with E-state index in [1.54, 1.807) is 4.57 Å². The molecule has 0 aliphatic rings. The van der Waals surface area contributed by atoms with E-state index < -0.39 is 20.0 Å². The van der Waals surface area contributed by atoms with Gasteiger partial charge in [-0.05, 0) is 13.2 Å². The molecule has 1 atom stereocenters. The average molecular weight is 437 g/mol. The number of nitrogen functional groups attached to an aromatic ring is 1. The van der Waals surface area contributed by atoms with Crippen LogP contribution < -0.4 is 74.6 Å². The Hall–Kier alpha value is -0.360. The quantitative estimate of drug-likeness (QED) is 0.255. The van der Waals surface area contributed by atoms with E-state index in [1.165, 1.54) is 12.7 Å². The maximum absolute atomic E-state index is 10.8. The van der Waals surface area contributed by atoms with Crippen molar-refractivity contribution in [2.45, 2.75) is 12.6 Å². The first-order chi connectivity index (χ1) is 12.9. The predicted molar refractivity (Wildman–Crippen MR) is 93.3 cm³/mol. The molecule has 3 rings (SSSR count). The Kier molecular flexibility index (Phi) is 11.5. The van der Waals surface area contributed by atoms with Gasteiger partial charge in [-0.3, -0.25) is 0 Å². The Balaban J connectivity index is 0.00000210. The van der Waals surface area contributed by atoms with Crippen molar-refractivity contribution in [3.8, 4) is 0 Å². The zero-order valence-corrected chi connectivity index (χ0v) is 21.2. The van der Waals surface area contributed by atoms with Crippen LogP contribution in [0, 0.1) is 0 Å². The summed E-state index contributed by atoms with van der Waals surface area (Å²) in [4.78, 5) is 33.9. The van der Waals surface area contributed by atoms with Gasteiger partial charge in [-0.1, -0.05) is 30.3 Å². The number of aromatic nitrogens is 4. The van der Waals surface area contributed by atoms with Gasteiger partial charge in [0.1, 0.15) is 11.8 Å². The predicted octanol–water partition coefficient (Wildman–Crippen LogP) is -5.94. The van der Waals surface area contributed by atoms with Crippen LogP contribution in [-0.4, -0.2) is 39.1 Å². The van der Waals surface area contributed by atoms with E-state index in [2.05, 4.69) is 15.0 Å². The summed E-state index contributed by atoms with van der Waals surface area (Å²) >= 11 is 0. The number of nitrogens with two attached hydrogens (primary N) is 1. The molecule has 2 heterocycles. The molecule has 0 unspecified atom stereocenters. The maximum Gasteiger partial charge on any atom is 1.00 e. The topological polar surface area (TPSA) is 151 Å². The van der Waals surface area contributed by atoms with E-state index >= 15 is 0 Å². The summed E-state index contributed by atoms with van der Waals surface area (Å²) in [6.07, 6.45) is 1.91. The third-order valence-corrected chi connectivity index (χ3v) is 4.26. The Labute approximate surface area is 212 Å². The first kappa shape index (κ1) is 26.7. The molecule has 0 aliphatic heterocycles. The summed E-state index contributed by atoms with van der Waals surface area (Å²) in [6, 6.07) is 9.12. The second-order valence-electron chi connectivity index (χ2n) is 5.85. The van der Waals surface area contributed by atoms with Gasteiger partial charge in [0.2, 0.25) is 0 Å². The number of imidazole rings is 1. The molecule has 0 saturated heterocycles. The molecule has 144 valence electrons.